The standard InChI is InChI=1S/C9H7FN2/c1-2-7-3-4-8(6-12-11)9(10)5-7/h1,3-6H,11H2. The molecule has 0 amide bonds. The highest BCUT2D eigenvalue weighted by Crippen LogP contribution is 2.07. The van der Waals surface area contributed by atoms with Crippen molar-refractivity contribution in [1.29, 1.82) is 0 Å². The van der Waals surface area contributed by atoms with Gasteiger partial charge in [0.25, 0.3) is 0 Å². The summed E-state index contributed by atoms with van der Waals surface area (Å²) in [7, 11) is 0. The van der Waals surface area contributed by atoms with E-state index in [1.807, 2.05) is 0 Å². The zero-order chi connectivity index (χ0) is 8.97. The van der Waals surface area contributed by atoms with Gasteiger partial charge in [0.2, 0.25) is 0 Å². The van der Waals surface area contributed by atoms with E-state index in [1.54, 1.807) is 6.07 Å². The zero-order valence-electron chi connectivity index (χ0n) is 6.29. The van der Waals surface area contributed by atoms with Gasteiger partial charge in [-0.15, -0.1) is 6.42 Å². The largest absolute Gasteiger partial charge is 0.323 e. The van der Waals surface area contributed by atoms with E-state index in [9.17, 15) is 4.39 Å². The van der Waals surface area contributed by atoms with E-state index in [4.69, 9.17) is 12.3 Å². The van der Waals surface area contributed by atoms with Gasteiger partial charge in [-0.1, -0.05) is 5.92 Å². The molecular formula is C9H7FN2. The van der Waals surface area contributed by atoms with E-state index >= 15 is 0 Å². The van der Waals surface area contributed by atoms with E-state index in [0.29, 0.717) is 11.1 Å². The highest BCUT2D eigenvalue weighted by atomic mass is 19.1. The Bertz CT molecular complexity index is 350. The van der Waals surface area contributed by atoms with Gasteiger partial charge in [-0.2, -0.15) is 5.10 Å². The van der Waals surface area contributed by atoms with Crippen LogP contribution in [0.3, 0.4) is 0 Å². The summed E-state index contributed by atoms with van der Waals surface area (Å²) in [5.74, 6) is 6.77. The molecule has 0 aliphatic rings. The first-order valence-corrected chi connectivity index (χ1v) is 3.27. The molecule has 12 heavy (non-hydrogen) atoms. The van der Waals surface area contributed by atoms with Crippen molar-refractivity contribution in [3.05, 3.63) is 35.1 Å². The van der Waals surface area contributed by atoms with Crippen molar-refractivity contribution in [2.75, 3.05) is 0 Å². The molecule has 3 heteroatoms. The molecule has 0 spiro atoms. The summed E-state index contributed by atoms with van der Waals surface area (Å²) in [5, 5.41) is 3.21. The maximum Gasteiger partial charge on any atom is 0.133 e. The molecule has 0 atom stereocenters. The van der Waals surface area contributed by atoms with Crippen molar-refractivity contribution >= 4 is 6.21 Å². The second kappa shape index (κ2) is 3.54. The molecule has 0 radical (unpaired) electrons. The fourth-order valence-electron chi connectivity index (χ4n) is 0.802. The molecule has 1 rings (SSSR count). The van der Waals surface area contributed by atoms with Crippen LogP contribution in [-0.2, 0) is 0 Å². The van der Waals surface area contributed by atoms with E-state index in [1.165, 1.54) is 18.3 Å². The van der Waals surface area contributed by atoms with Crippen LogP contribution in [0.1, 0.15) is 11.1 Å². The van der Waals surface area contributed by atoms with Crippen LogP contribution in [0.5, 0.6) is 0 Å². The molecule has 0 heterocycles. The maximum atomic E-state index is 13.0. The monoisotopic (exact) mass is 162 g/mol. The number of nitrogens with zero attached hydrogens (tertiary/aromatic N) is 1. The average molecular weight is 162 g/mol. The number of hydrogen-bond acceptors (Lipinski definition) is 2. The van der Waals surface area contributed by atoms with E-state index in [-0.39, 0.29) is 0 Å². The lowest BCUT2D eigenvalue weighted by molar-refractivity contribution is 0.625. The maximum absolute atomic E-state index is 13.0. The van der Waals surface area contributed by atoms with Crippen molar-refractivity contribution in [3.8, 4) is 12.3 Å². The third kappa shape index (κ3) is 1.61. The predicted octanol–water partition coefficient (Wildman–Crippen LogP) is 1.10. The van der Waals surface area contributed by atoms with Gasteiger partial charge in [0.15, 0.2) is 0 Å². The molecule has 60 valence electrons. The summed E-state index contributed by atoms with van der Waals surface area (Å²) in [6, 6.07) is 4.41. The van der Waals surface area contributed by atoms with Gasteiger partial charge >= 0.3 is 0 Å². The molecule has 1 aromatic carbocycles. The van der Waals surface area contributed by atoms with E-state index in [0.717, 1.165) is 0 Å². The number of hydrazone groups is 1. The minimum Gasteiger partial charge on any atom is -0.323 e. The Hall–Kier alpha value is -1.82. The minimum atomic E-state index is -0.417. The molecule has 1 aromatic rings. The Balaban J connectivity index is 3.14. The second-order valence-corrected chi connectivity index (χ2v) is 2.16. The number of rotatable bonds is 1. The average Bonchev–Trinajstić information content (AvgIpc) is 2.09. The summed E-state index contributed by atoms with van der Waals surface area (Å²) in [4.78, 5) is 0. The van der Waals surface area contributed by atoms with E-state index < -0.39 is 5.82 Å². The fraction of sp³-hybridized carbons (Fsp3) is 0. The van der Waals surface area contributed by atoms with Crippen molar-refractivity contribution < 1.29 is 4.39 Å². The lowest BCUT2D eigenvalue weighted by atomic mass is 10.1. The van der Waals surface area contributed by atoms with Crippen LogP contribution in [0.2, 0.25) is 0 Å². The Kier molecular flexibility index (Phi) is 2.44. The Morgan fingerprint density at radius 3 is 2.83 bits per heavy atom. The highest BCUT2D eigenvalue weighted by Gasteiger charge is 1.98. The van der Waals surface area contributed by atoms with Crippen molar-refractivity contribution in [3.63, 3.8) is 0 Å². The molecule has 0 saturated heterocycles. The first-order chi connectivity index (χ1) is 5.77. The molecule has 0 aliphatic heterocycles. The lowest BCUT2D eigenvalue weighted by Gasteiger charge is -1.95. The summed E-state index contributed by atoms with van der Waals surface area (Å²) >= 11 is 0. The van der Waals surface area contributed by atoms with Gasteiger partial charge in [0, 0.05) is 11.1 Å². The van der Waals surface area contributed by atoms with Gasteiger partial charge in [-0.3, -0.25) is 0 Å². The van der Waals surface area contributed by atoms with Crippen LogP contribution < -0.4 is 5.84 Å². The lowest BCUT2D eigenvalue weighted by Crippen LogP contribution is -1.91. The quantitative estimate of drug-likeness (QED) is 0.285. The van der Waals surface area contributed by atoms with Gasteiger partial charge in [0.1, 0.15) is 5.82 Å². The molecule has 0 saturated carbocycles. The Labute approximate surface area is 69.9 Å². The van der Waals surface area contributed by atoms with Crippen LogP contribution in [0.4, 0.5) is 4.39 Å². The minimum absolute atomic E-state index is 0.330. The Morgan fingerprint density at radius 1 is 1.58 bits per heavy atom. The number of hydrogen-bond donors (Lipinski definition) is 1. The first kappa shape index (κ1) is 8.28. The van der Waals surface area contributed by atoms with Gasteiger partial charge in [0.05, 0.1) is 6.21 Å². The van der Waals surface area contributed by atoms with Gasteiger partial charge < -0.3 is 5.84 Å². The number of nitrogens with two attached hydrogens (primary N) is 1. The van der Waals surface area contributed by atoms with Gasteiger partial charge in [-0.25, -0.2) is 4.39 Å². The van der Waals surface area contributed by atoms with E-state index in [2.05, 4.69) is 11.0 Å². The molecule has 0 bridgehead atoms. The molecule has 0 unspecified atom stereocenters. The van der Waals surface area contributed by atoms with Crippen LogP contribution in [0, 0.1) is 18.2 Å². The van der Waals surface area contributed by atoms with Crippen LogP contribution in [0.15, 0.2) is 23.3 Å². The molecule has 2 nitrogen and oxygen atoms in total. The van der Waals surface area contributed by atoms with Gasteiger partial charge in [-0.05, 0) is 18.2 Å². The third-order valence-corrected chi connectivity index (χ3v) is 1.38. The van der Waals surface area contributed by atoms with Crippen molar-refractivity contribution in [2.24, 2.45) is 10.9 Å². The van der Waals surface area contributed by atoms with Crippen LogP contribution >= 0.6 is 0 Å². The summed E-state index contributed by atoms with van der Waals surface area (Å²) in [5.41, 5.74) is 0.832. The van der Waals surface area contributed by atoms with Crippen LogP contribution in [0.25, 0.3) is 0 Å². The second-order valence-electron chi connectivity index (χ2n) is 2.16. The van der Waals surface area contributed by atoms with Crippen molar-refractivity contribution in [2.45, 2.75) is 0 Å². The normalized spacial score (nSPS) is 10.0. The topological polar surface area (TPSA) is 38.4 Å². The summed E-state index contributed by atoms with van der Waals surface area (Å²) < 4.78 is 13.0. The molecule has 0 aliphatic carbocycles. The fourth-order valence-corrected chi connectivity index (χ4v) is 0.802. The summed E-state index contributed by atoms with van der Waals surface area (Å²) in [6.07, 6.45) is 6.30. The third-order valence-electron chi connectivity index (χ3n) is 1.38. The number of halogens is 1. The number of terminal acetylenes is 1. The van der Waals surface area contributed by atoms with Crippen LogP contribution in [-0.4, -0.2) is 6.21 Å². The Morgan fingerprint density at radius 2 is 2.33 bits per heavy atom. The smallest absolute Gasteiger partial charge is 0.133 e. The highest BCUT2D eigenvalue weighted by molar-refractivity contribution is 5.79. The van der Waals surface area contributed by atoms with Crippen molar-refractivity contribution in [1.82, 2.24) is 0 Å². The zero-order valence-corrected chi connectivity index (χ0v) is 6.29. The molecule has 0 aromatic heterocycles. The molecular weight excluding hydrogens is 155 g/mol. The predicted molar refractivity (Wildman–Crippen MR) is 46.1 cm³/mol. The molecule has 2 N–H and O–H groups in total. The SMILES string of the molecule is C#Cc1ccc(C=NN)c(F)c1. The molecule has 0 fully saturated rings. The first-order valence-electron chi connectivity index (χ1n) is 3.27. The summed E-state index contributed by atoms with van der Waals surface area (Å²) in [6.45, 7) is 0. The number of benzene rings is 1.